The predicted octanol–water partition coefficient (Wildman–Crippen LogP) is 2.30. The van der Waals surface area contributed by atoms with Crippen LogP contribution in [-0.4, -0.2) is 53.2 Å². The van der Waals surface area contributed by atoms with Gasteiger partial charge in [-0.05, 0) is 18.2 Å². The van der Waals surface area contributed by atoms with Gasteiger partial charge in [0.25, 0.3) is 0 Å². The Hall–Kier alpha value is -2.93. The molecule has 0 bridgehead atoms. The number of benzene rings is 2. The lowest BCUT2D eigenvalue weighted by Gasteiger charge is -2.36. The number of carboxylic acids is 2. The minimum Gasteiger partial charge on any atom is -0.473 e. The summed E-state index contributed by atoms with van der Waals surface area (Å²) in [7, 11) is 0. The highest BCUT2D eigenvalue weighted by molar-refractivity contribution is 6.27. The molecule has 0 amide bonds. The first-order valence-electron chi connectivity index (χ1n) is 8.19. The van der Waals surface area contributed by atoms with E-state index in [4.69, 9.17) is 19.8 Å². The molecule has 1 heterocycles. The van der Waals surface area contributed by atoms with Crippen molar-refractivity contribution >= 4 is 17.6 Å². The number of halogens is 1. The topological polar surface area (TPSA) is 81.1 Å². The molecule has 7 heteroatoms. The van der Waals surface area contributed by atoms with Crippen molar-refractivity contribution in [3.8, 4) is 0 Å². The molecule has 2 aromatic carbocycles. The van der Waals surface area contributed by atoms with Crippen LogP contribution in [0.15, 0.2) is 54.6 Å². The molecule has 26 heavy (non-hydrogen) atoms. The Labute approximate surface area is 151 Å². The molecular weight excluding hydrogens is 339 g/mol. The van der Waals surface area contributed by atoms with E-state index >= 15 is 0 Å². The molecule has 0 aliphatic carbocycles. The van der Waals surface area contributed by atoms with Crippen molar-refractivity contribution in [3.05, 3.63) is 66.0 Å². The molecule has 0 spiro atoms. The van der Waals surface area contributed by atoms with Crippen LogP contribution in [-0.2, 0) is 16.1 Å². The number of carboxylic acid groups (broad SMARTS) is 2. The van der Waals surface area contributed by atoms with Gasteiger partial charge in [-0.1, -0.05) is 36.4 Å². The Balaban J connectivity index is 0.000000352. The Morgan fingerprint density at radius 2 is 1.38 bits per heavy atom. The largest absolute Gasteiger partial charge is 0.473 e. The van der Waals surface area contributed by atoms with Gasteiger partial charge in [-0.25, -0.2) is 14.0 Å². The minimum absolute atomic E-state index is 0.0991. The van der Waals surface area contributed by atoms with Crippen molar-refractivity contribution in [1.82, 2.24) is 4.90 Å². The first-order valence-corrected chi connectivity index (χ1v) is 8.19. The maximum absolute atomic E-state index is 13.6. The normalized spacial score (nSPS) is 14.3. The molecule has 6 nitrogen and oxygen atoms in total. The van der Waals surface area contributed by atoms with Gasteiger partial charge in [0.2, 0.25) is 0 Å². The molecule has 0 saturated carbocycles. The minimum atomic E-state index is -1.82. The van der Waals surface area contributed by atoms with Crippen molar-refractivity contribution < 1.29 is 24.2 Å². The molecule has 2 N–H and O–H groups in total. The van der Waals surface area contributed by atoms with Gasteiger partial charge in [0, 0.05) is 44.0 Å². The lowest BCUT2D eigenvalue weighted by molar-refractivity contribution is -0.159. The molecule has 1 aliphatic heterocycles. The van der Waals surface area contributed by atoms with E-state index in [1.54, 1.807) is 6.07 Å². The number of hydrogen-bond acceptors (Lipinski definition) is 4. The van der Waals surface area contributed by atoms with Gasteiger partial charge in [0.05, 0.1) is 0 Å². The molecule has 2 aromatic rings. The van der Waals surface area contributed by atoms with Crippen LogP contribution in [0.2, 0.25) is 0 Å². The average molecular weight is 360 g/mol. The fourth-order valence-corrected chi connectivity index (χ4v) is 2.67. The van der Waals surface area contributed by atoms with E-state index in [2.05, 4.69) is 34.1 Å². The zero-order chi connectivity index (χ0) is 18.9. The number of carbonyl (C=O) groups is 2. The van der Waals surface area contributed by atoms with E-state index in [-0.39, 0.29) is 5.82 Å². The summed E-state index contributed by atoms with van der Waals surface area (Å²) in [5, 5.41) is 14.8. The number of piperazine rings is 1. The van der Waals surface area contributed by atoms with Crippen molar-refractivity contribution in [3.63, 3.8) is 0 Å². The van der Waals surface area contributed by atoms with Crippen LogP contribution >= 0.6 is 0 Å². The van der Waals surface area contributed by atoms with E-state index < -0.39 is 11.9 Å². The van der Waals surface area contributed by atoms with E-state index in [1.165, 1.54) is 11.8 Å². The smallest absolute Gasteiger partial charge is 0.414 e. The molecule has 1 aliphatic rings. The summed E-state index contributed by atoms with van der Waals surface area (Å²) in [5.74, 6) is -3.75. The maximum Gasteiger partial charge on any atom is 0.414 e. The maximum atomic E-state index is 13.6. The second kappa shape index (κ2) is 9.53. The highest BCUT2D eigenvalue weighted by Gasteiger charge is 2.17. The van der Waals surface area contributed by atoms with E-state index in [0.717, 1.165) is 31.7 Å². The van der Waals surface area contributed by atoms with Crippen LogP contribution in [0.4, 0.5) is 10.1 Å². The van der Waals surface area contributed by atoms with Gasteiger partial charge in [-0.3, -0.25) is 4.90 Å². The first kappa shape index (κ1) is 19.4. The predicted molar refractivity (Wildman–Crippen MR) is 95.6 cm³/mol. The summed E-state index contributed by atoms with van der Waals surface area (Å²) < 4.78 is 13.6. The van der Waals surface area contributed by atoms with E-state index in [0.29, 0.717) is 6.54 Å². The number of rotatable bonds is 3. The van der Waals surface area contributed by atoms with E-state index in [1.807, 2.05) is 18.2 Å². The van der Waals surface area contributed by atoms with Gasteiger partial charge >= 0.3 is 11.9 Å². The number of para-hydroxylation sites is 1. The van der Waals surface area contributed by atoms with Crippen molar-refractivity contribution in [1.29, 1.82) is 0 Å². The van der Waals surface area contributed by atoms with Gasteiger partial charge in [-0.2, -0.15) is 0 Å². The Kier molecular flexibility index (Phi) is 7.11. The van der Waals surface area contributed by atoms with Crippen LogP contribution < -0.4 is 4.90 Å². The number of aliphatic carboxylic acids is 2. The fourth-order valence-electron chi connectivity index (χ4n) is 2.67. The van der Waals surface area contributed by atoms with Crippen molar-refractivity contribution in [2.45, 2.75) is 6.54 Å². The van der Waals surface area contributed by atoms with Gasteiger partial charge in [0.15, 0.2) is 0 Å². The number of hydrogen-bond donors (Lipinski definition) is 2. The summed E-state index contributed by atoms with van der Waals surface area (Å²) in [6.07, 6.45) is 0. The molecule has 0 radical (unpaired) electrons. The second-order valence-electron chi connectivity index (χ2n) is 5.80. The Morgan fingerprint density at radius 1 is 0.846 bits per heavy atom. The molecule has 1 fully saturated rings. The van der Waals surface area contributed by atoms with Crippen molar-refractivity contribution in [2.75, 3.05) is 31.1 Å². The van der Waals surface area contributed by atoms with Crippen LogP contribution in [0.25, 0.3) is 0 Å². The molecule has 0 aromatic heterocycles. The third kappa shape index (κ3) is 5.86. The lowest BCUT2D eigenvalue weighted by Crippen LogP contribution is -2.46. The summed E-state index contributed by atoms with van der Waals surface area (Å²) >= 11 is 0. The average Bonchev–Trinajstić information content (AvgIpc) is 2.65. The third-order valence-corrected chi connectivity index (χ3v) is 4.03. The summed E-state index contributed by atoms with van der Waals surface area (Å²) in [4.78, 5) is 22.9. The summed E-state index contributed by atoms with van der Waals surface area (Å²) in [5.41, 5.74) is 2.07. The monoisotopic (exact) mass is 360 g/mol. The first-order chi connectivity index (χ1) is 12.5. The SMILES string of the molecule is Fc1ccccc1CN1CCN(c2ccccc2)CC1.O=C(O)C(=O)O. The zero-order valence-corrected chi connectivity index (χ0v) is 14.2. The highest BCUT2D eigenvalue weighted by Crippen LogP contribution is 2.17. The Morgan fingerprint density at radius 3 is 1.92 bits per heavy atom. The molecule has 138 valence electrons. The zero-order valence-electron chi connectivity index (χ0n) is 14.2. The standard InChI is InChI=1S/C17H19FN2.C2H2O4/c18-17-9-5-4-6-15(17)14-19-10-12-20(13-11-19)16-7-2-1-3-8-16;3-1(4)2(5)6/h1-9H,10-14H2;(H,3,4)(H,5,6). The van der Waals surface area contributed by atoms with E-state index in [9.17, 15) is 4.39 Å². The fraction of sp³-hybridized carbons (Fsp3) is 0.263. The summed E-state index contributed by atoms with van der Waals surface area (Å²) in [6, 6.07) is 17.5. The van der Waals surface area contributed by atoms with Gasteiger partial charge in [0.1, 0.15) is 5.82 Å². The Bertz CT molecular complexity index is 719. The molecule has 3 rings (SSSR count). The van der Waals surface area contributed by atoms with Crippen LogP contribution in [0.3, 0.4) is 0 Å². The van der Waals surface area contributed by atoms with Crippen LogP contribution in [0.5, 0.6) is 0 Å². The molecule has 0 unspecified atom stereocenters. The molecule has 1 saturated heterocycles. The van der Waals surface area contributed by atoms with Crippen molar-refractivity contribution in [2.24, 2.45) is 0 Å². The lowest BCUT2D eigenvalue weighted by atomic mass is 10.1. The second-order valence-corrected chi connectivity index (χ2v) is 5.80. The van der Waals surface area contributed by atoms with Gasteiger partial charge < -0.3 is 15.1 Å². The summed E-state index contributed by atoms with van der Waals surface area (Å²) in [6.45, 7) is 4.65. The number of nitrogens with zero attached hydrogens (tertiary/aromatic N) is 2. The van der Waals surface area contributed by atoms with Crippen LogP contribution in [0, 0.1) is 5.82 Å². The third-order valence-electron chi connectivity index (χ3n) is 4.03. The van der Waals surface area contributed by atoms with Gasteiger partial charge in [-0.15, -0.1) is 0 Å². The molecular formula is C19H21FN2O4. The number of anilines is 1. The quantitative estimate of drug-likeness (QED) is 0.818. The highest BCUT2D eigenvalue weighted by atomic mass is 19.1. The molecule has 0 atom stereocenters. The van der Waals surface area contributed by atoms with Crippen LogP contribution in [0.1, 0.15) is 5.56 Å².